The van der Waals surface area contributed by atoms with E-state index in [0.29, 0.717) is 13.2 Å². The van der Waals surface area contributed by atoms with Gasteiger partial charge < -0.3 is 9.64 Å². The second-order valence-electron chi connectivity index (χ2n) is 4.80. The summed E-state index contributed by atoms with van der Waals surface area (Å²) in [4.78, 5) is 2.32. The summed E-state index contributed by atoms with van der Waals surface area (Å²) < 4.78 is 32.1. The van der Waals surface area contributed by atoms with Crippen LogP contribution in [-0.4, -0.2) is 46.2 Å². The third-order valence-electron chi connectivity index (χ3n) is 3.26. The molecule has 0 saturated carbocycles. The quantitative estimate of drug-likeness (QED) is 0.884. The average molecular weight is 296 g/mol. The maximum Gasteiger partial charge on any atom is 0.240 e. The Morgan fingerprint density at radius 3 is 2.50 bits per heavy atom. The van der Waals surface area contributed by atoms with E-state index in [1.165, 1.54) is 0 Å². The molecule has 0 atom stereocenters. The third kappa shape index (κ3) is 3.82. The van der Waals surface area contributed by atoms with Gasteiger partial charge in [-0.3, -0.25) is 0 Å². The summed E-state index contributed by atoms with van der Waals surface area (Å²) in [5, 5.41) is 0. The van der Waals surface area contributed by atoms with Gasteiger partial charge in [0.05, 0.1) is 24.7 Å². The summed E-state index contributed by atoms with van der Waals surface area (Å²) in [6.07, 6.45) is 0. The van der Waals surface area contributed by atoms with E-state index in [9.17, 15) is 8.42 Å². The van der Waals surface area contributed by atoms with Crippen molar-refractivity contribution in [2.75, 3.05) is 32.8 Å². The first-order chi connectivity index (χ1) is 9.49. The van der Waals surface area contributed by atoms with Crippen LogP contribution in [0.2, 0.25) is 0 Å². The maximum absolute atomic E-state index is 12.1. The monoisotopic (exact) mass is 296 g/mol. The number of ether oxygens (including phenoxy) is 1. The lowest BCUT2D eigenvalue weighted by atomic mass is 10.2. The van der Waals surface area contributed by atoms with Crippen LogP contribution in [0.5, 0.6) is 0 Å². The van der Waals surface area contributed by atoms with E-state index in [1.807, 2.05) is 11.8 Å². The molecular formula is C14H20N2O3S. The van der Waals surface area contributed by atoms with Crippen molar-refractivity contribution in [1.82, 2.24) is 9.62 Å². The zero-order valence-electron chi connectivity index (χ0n) is 11.6. The molecule has 0 aliphatic carbocycles. The highest BCUT2D eigenvalue weighted by molar-refractivity contribution is 7.89. The molecule has 0 radical (unpaired) electrons. The fourth-order valence-corrected chi connectivity index (χ4v) is 2.99. The Morgan fingerprint density at radius 2 is 1.90 bits per heavy atom. The Bertz CT molecular complexity index is 561. The van der Waals surface area contributed by atoms with Crippen molar-refractivity contribution in [3.63, 3.8) is 0 Å². The molecule has 0 amide bonds. The van der Waals surface area contributed by atoms with Crippen molar-refractivity contribution in [2.45, 2.75) is 11.8 Å². The highest BCUT2D eigenvalue weighted by atomic mass is 32.2. The normalized spacial score (nSPS) is 16.1. The summed E-state index contributed by atoms with van der Waals surface area (Å²) in [5.74, 6) is 0. The molecule has 1 N–H and O–H groups in total. The van der Waals surface area contributed by atoms with Gasteiger partial charge in [-0.1, -0.05) is 24.3 Å². The molecule has 0 unspecified atom stereocenters. The standard InChI is InChI=1S/C14H20N2O3S/c1-12-3-5-14(6-4-12)20(17,18)15-11-13(2)16-7-9-19-10-8-16/h3-6,15H,2,7-11H2,1H3. The van der Waals surface area contributed by atoms with Crippen molar-refractivity contribution in [3.8, 4) is 0 Å². The fraction of sp³-hybridized carbons (Fsp3) is 0.429. The highest BCUT2D eigenvalue weighted by Gasteiger charge is 2.16. The molecule has 1 aromatic rings. The Kier molecular flexibility index (Phi) is 4.80. The zero-order chi connectivity index (χ0) is 14.6. The molecule has 2 rings (SSSR count). The van der Waals surface area contributed by atoms with Gasteiger partial charge in [0, 0.05) is 18.8 Å². The maximum atomic E-state index is 12.1. The lowest BCUT2D eigenvalue weighted by Gasteiger charge is -2.30. The van der Waals surface area contributed by atoms with E-state index in [2.05, 4.69) is 11.3 Å². The van der Waals surface area contributed by atoms with Crippen molar-refractivity contribution < 1.29 is 13.2 Å². The van der Waals surface area contributed by atoms with E-state index in [1.54, 1.807) is 24.3 Å². The van der Waals surface area contributed by atoms with Gasteiger partial charge >= 0.3 is 0 Å². The van der Waals surface area contributed by atoms with Gasteiger partial charge in [-0.25, -0.2) is 13.1 Å². The van der Waals surface area contributed by atoms with Gasteiger partial charge in [0.15, 0.2) is 0 Å². The molecule has 1 aliphatic rings. The van der Waals surface area contributed by atoms with E-state index in [-0.39, 0.29) is 11.4 Å². The number of nitrogens with one attached hydrogen (secondary N) is 1. The molecule has 1 saturated heterocycles. The number of benzene rings is 1. The molecule has 1 aliphatic heterocycles. The van der Waals surface area contributed by atoms with Gasteiger partial charge in [-0.2, -0.15) is 0 Å². The van der Waals surface area contributed by atoms with E-state index < -0.39 is 10.0 Å². The second-order valence-corrected chi connectivity index (χ2v) is 6.57. The van der Waals surface area contributed by atoms with Gasteiger partial charge in [-0.15, -0.1) is 0 Å². The van der Waals surface area contributed by atoms with Crippen molar-refractivity contribution >= 4 is 10.0 Å². The zero-order valence-corrected chi connectivity index (χ0v) is 12.4. The van der Waals surface area contributed by atoms with Gasteiger partial charge in [0.25, 0.3) is 0 Å². The van der Waals surface area contributed by atoms with E-state index in [0.717, 1.165) is 24.4 Å². The molecule has 1 fully saturated rings. The van der Waals surface area contributed by atoms with Crippen molar-refractivity contribution in [2.24, 2.45) is 0 Å². The number of morpholine rings is 1. The first kappa shape index (κ1) is 15.0. The van der Waals surface area contributed by atoms with E-state index in [4.69, 9.17) is 4.74 Å². The summed E-state index contributed by atoms with van der Waals surface area (Å²) in [7, 11) is -3.48. The smallest absolute Gasteiger partial charge is 0.240 e. The first-order valence-corrected chi connectivity index (χ1v) is 8.04. The second kappa shape index (κ2) is 6.39. The molecule has 0 aromatic heterocycles. The Labute approximate surface area is 120 Å². The lowest BCUT2D eigenvalue weighted by Crippen LogP contribution is -2.39. The molecule has 110 valence electrons. The minimum atomic E-state index is -3.48. The van der Waals surface area contributed by atoms with Crippen molar-refractivity contribution in [3.05, 3.63) is 42.1 Å². The van der Waals surface area contributed by atoms with Crippen molar-refractivity contribution in [1.29, 1.82) is 0 Å². The average Bonchev–Trinajstić information content (AvgIpc) is 2.46. The van der Waals surface area contributed by atoms with Gasteiger partial charge in [0.2, 0.25) is 10.0 Å². The minimum Gasteiger partial charge on any atom is -0.378 e. The number of sulfonamides is 1. The van der Waals surface area contributed by atoms with Gasteiger partial charge in [0.1, 0.15) is 0 Å². The molecule has 20 heavy (non-hydrogen) atoms. The molecule has 0 spiro atoms. The summed E-state index contributed by atoms with van der Waals surface area (Å²) in [6.45, 7) is 8.89. The van der Waals surface area contributed by atoms with Gasteiger partial charge in [-0.05, 0) is 19.1 Å². The predicted molar refractivity (Wildman–Crippen MR) is 77.9 cm³/mol. The van der Waals surface area contributed by atoms with Crippen LogP contribution in [0.4, 0.5) is 0 Å². The lowest BCUT2D eigenvalue weighted by molar-refractivity contribution is 0.0532. The predicted octanol–water partition coefficient (Wildman–Crippen LogP) is 1.12. The SMILES string of the molecule is C=C(CNS(=O)(=O)c1ccc(C)cc1)N1CCOCC1. The first-order valence-electron chi connectivity index (χ1n) is 6.56. The fourth-order valence-electron chi connectivity index (χ4n) is 1.97. The molecular weight excluding hydrogens is 276 g/mol. The number of rotatable bonds is 5. The number of aryl methyl sites for hydroxylation is 1. The number of hydrogen-bond acceptors (Lipinski definition) is 4. The van der Waals surface area contributed by atoms with Crippen LogP contribution >= 0.6 is 0 Å². The summed E-state index contributed by atoms with van der Waals surface area (Å²) >= 11 is 0. The van der Waals surface area contributed by atoms with E-state index >= 15 is 0 Å². The largest absolute Gasteiger partial charge is 0.378 e. The van der Waals surface area contributed by atoms with Crippen LogP contribution in [0.1, 0.15) is 5.56 Å². The molecule has 0 bridgehead atoms. The van der Waals surface area contributed by atoms with Crippen LogP contribution in [0.25, 0.3) is 0 Å². The van der Waals surface area contributed by atoms with Crippen LogP contribution in [-0.2, 0) is 14.8 Å². The molecule has 6 heteroatoms. The Morgan fingerprint density at radius 1 is 1.30 bits per heavy atom. The molecule has 5 nitrogen and oxygen atoms in total. The number of hydrogen-bond donors (Lipinski definition) is 1. The Hall–Kier alpha value is -1.37. The van der Waals surface area contributed by atoms with Crippen LogP contribution in [0, 0.1) is 6.92 Å². The summed E-state index contributed by atoms with van der Waals surface area (Å²) in [6, 6.07) is 6.78. The molecule has 1 heterocycles. The number of nitrogens with zero attached hydrogens (tertiary/aromatic N) is 1. The topological polar surface area (TPSA) is 58.6 Å². The molecule has 1 aromatic carbocycles. The summed E-state index contributed by atoms with van der Waals surface area (Å²) in [5.41, 5.74) is 1.80. The van der Waals surface area contributed by atoms with Crippen LogP contribution in [0.15, 0.2) is 41.4 Å². The van der Waals surface area contributed by atoms with Crippen LogP contribution < -0.4 is 4.72 Å². The van der Waals surface area contributed by atoms with Crippen LogP contribution in [0.3, 0.4) is 0 Å². The highest BCUT2D eigenvalue weighted by Crippen LogP contribution is 2.11. The minimum absolute atomic E-state index is 0.218. The Balaban J connectivity index is 1.95. The third-order valence-corrected chi connectivity index (χ3v) is 4.67.